The molecule has 2 nitrogen and oxygen atoms in total. The number of unbranched alkanes of at least 4 members (excludes halogenated alkanes) is 4. The minimum atomic E-state index is 0.523. The molecule has 0 aliphatic rings. The normalized spacial score (nSPS) is 10.0. The monoisotopic (exact) mass is 220 g/mol. The minimum absolute atomic E-state index is 0.523. The summed E-state index contributed by atoms with van der Waals surface area (Å²) in [5.74, 6) is 0. The molecule has 0 N–H and O–H groups in total. The molecular formula is C14H20O2. The lowest BCUT2D eigenvalue weighted by atomic mass is 10.1. The smallest absolute Gasteiger partial charge is 0.293 e. The maximum atomic E-state index is 9.87. The number of hydrogen-bond donors (Lipinski definition) is 0. The van der Waals surface area contributed by atoms with Crippen LogP contribution in [-0.2, 0) is 16.0 Å². The summed E-state index contributed by atoms with van der Waals surface area (Å²) in [7, 11) is 0. The third kappa shape index (κ3) is 6.23. The van der Waals surface area contributed by atoms with Gasteiger partial charge in [-0.3, -0.25) is 4.79 Å². The highest BCUT2D eigenvalue weighted by molar-refractivity contribution is 5.36. The molecule has 2 heteroatoms. The van der Waals surface area contributed by atoms with Crippen LogP contribution in [0.2, 0.25) is 0 Å². The summed E-state index contributed by atoms with van der Waals surface area (Å²) in [6.07, 6.45) is 7.06. The fourth-order valence-corrected chi connectivity index (χ4v) is 1.74. The van der Waals surface area contributed by atoms with Gasteiger partial charge in [0.2, 0.25) is 0 Å². The van der Waals surface area contributed by atoms with Crippen molar-refractivity contribution < 1.29 is 9.53 Å². The van der Waals surface area contributed by atoms with Crippen LogP contribution in [0.1, 0.15) is 37.7 Å². The molecule has 1 rings (SSSR count). The average molecular weight is 220 g/mol. The Hall–Kier alpha value is -1.31. The zero-order chi connectivity index (χ0) is 11.5. The second-order valence-electron chi connectivity index (χ2n) is 3.97. The van der Waals surface area contributed by atoms with Gasteiger partial charge in [0.15, 0.2) is 0 Å². The van der Waals surface area contributed by atoms with E-state index in [-0.39, 0.29) is 0 Å². The molecule has 0 unspecified atom stereocenters. The number of benzene rings is 1. The molecule has 0 bridgehead atoms. The maximum absolute atomic E-state index is 9.87. The first kappa shape index (κ1) is 12.8. The Balaban J connectivity index is 1.90. The third-order valence-electron chi connectivity index (χ3n) is 2.64. The fourth-order valence-electron chi connectivity index (χ4n) is 1.74. The first-order chi connectivity index (χ1) is 7.93. The lowest BCUT2D eigenvalue weighted by Crippen LogP contribution is -1.91. The van der Waals surface area contributed by atoms with Crippen LogP contribution in [0.5, 0.6) is 0 Å². The van der Waals surface area contributed by atoms with Crippen molar-refractivity contribution in [2.24, 2.45) is 0 Å². The van der Waals surface area contributed by atoms with Gasteiger partial charge in [0.1, 0.15) is 0 Å². The van der Waals surface area contributed by atoms with E-state index in [9.17, 15) is 4.79 Å². The van der Waals surface area contributed by atoms with E-state index in [0.717, 1.165) is 12.8 Å². The highest BCUT2D eigenvalue weighted by atomic mass is 16.5. The Kier molecular flexibility index (Phi) is 7.14. The van der Waals surface area contributed by atoms with Gasteiger partial charge in [0.25, 0.3) is 6.47 Å². The Morgan fingerprint density at radius 2 is 1.62 bits per heavy atom. The lowest BCUT2D eigenvalue weighted by Gasteiger charge is -2.02. The predicted molar refractivity (Wildman–Crippen MR) is 65.2 cm³/mol. The molecule has 0 saturated heterocycles. The van der Waals surface area contributed by atoms with Crippen molar-refractivity contribution in [2.75, 3.05) is 6.61 Å². The van der Waals surface area contributed by atoms with Gasteiger partial charge in [0, 0.05) is 0 Å². The first-order valence-corrected chi connectivity index (χ1v) is 6.02. The Labute approximate surface area is 97.6 Å². The summed E-state index contributed by atoms with van der Waals surface area (Å²) < 4.78 is 4.63. The van der Waals surface area contributed by atoms with E-state index in [1.807, 2.05) is 0 Å². The van der Waals surface area contributed by atoms with Gasteiger partial charge in [-0.05, 0) is 24.8 Å². The Morgan fingerprint density at radius 1 is 0.938 bits per heavy atom. The molecule has 0 aliphatic carbocycles. The van der Waals surface area contributed by atoms with Crippen molar-refractivity contribution in [1.82, 2.24) is 0 Å². The van der Waals surface area contributed by atoms with Crippen LogP contribution in [0, 0.1) is 0 Å². The number of ether oxygens (including phenoxy) is 1. The fraction of sp³-hybridized carbons (Fsp3) is 0.500. The van der Waals surface area contributed by atoms with Gasteiger partial charge in [-0.15, -0.1) is 0 Å². The molecule has 1 aromatic carbocycles. The molecule has 88 valence electrons. The zero-order valence-corrected chi connectivity index (χ0v) is 9.73. The summed E-state index contributed by atoms with van der Waals surface area (Å²) in [5.41, 5.74) is 1.42. The molecule has 0 atom stereocenters. The number of carbonyl (C=O) groups is 1. The Bertz CT molecular complexity index is 269. The molecule has 0 heterocycles. The molecule has 0 saturated carbocycles. The molecule has 0 aliphatic heterocycles. The maximum Gasteiger partial charge on any atom is 0.293 e. The lowest BCUT2D eigenvalue weighted by molar-refractivity contribution is -0.128. The molecule has 0 amide bonds. The summed E-state index contributed by atoms with van der Waals surface area (Å²) in [4.78, 5) is 9.87. The van der Waals surface area contributed by atoms with Gasteiger partial charge < -0.3 is 4.74 Å². The summed E-state index contributed by atoms with van der Waals surface area (Å²) in [6, 6.07) is 10.6. The van der Waals surface area contributed by atoms with Crippen LogP contribution in [0.4, 0.5) is 0 Å². The van der Waals surface area contributed by atoms with Crippen molar-refractivity contribution in [3.63, 3.8) is 0 Å². The summed E-state index contributed by atoms with van der Waals surface area (Å²) >= 11 is 0. The number of hydrogen-bond acceptors (Lipinski definition) is 2. The van der Waals surface area contributed by atoms with Crippen LogP contribution < -0.4 is 0 Å². The number of carbonyl (C=O) groups excluding carboxylic acids is 1. The van der Waals surface area contributed by atoms with Gasteiger partial charge >= 0.3 is 0 Å². The quantitative estimate of drug-likeness (QED) is 0.471. The molecule has 0 radical (unpaired) electrons. The second kappa shape index (κ2) is 8.96. The van der Waals surface area contributed by atoms with Crippen molar-refractivity contribution in [3.05, 3.63) is 35.9 Å². The predicted octanol–water partition coefficient (Wildman–Crippen LogP) is 3.35. The van der Waals surface area contributed by atoms with E-state index in [0.29, 0.717) is 13.1 Å². The van der Waals surface area contributed by atoms with Crippen LogP contribution in [0.15, 0.2) is 30.3 Å². The average Bonchev–Trinajstić information content (AvgIpc) is 2.34. The van der Waals surface area contributed by atoms with E-state index in [4.69, 9.17) is 0 Å². The van der Waals surface area contributed by atoms with E-state index in [1.165, 1.54) is 31.2 Å². The van der Waals surface area contributed by atoms with E-state index in [2.05, 4.69) is 35.1 Å². The van der Waals surface area contributed by atoms with Gasteiger partial charge in [-0.25, -0.2) is 0 Å². The summed E-state index contributed by atoms with van der Waals surface area (Å²) in [5, 5.41) is 0. The van der Waals surface area contributed by atoms with Crippen LogP contribution in [0.3, 0.4) is 0 Å². The van der Waals surface area contributed by atoms with Crippen LogP contribution >= 0.6 is 0 Å². The van der Waals surface area contributed by atoms with Gasteiger partial charge in [-0.2, -0.15) is 0 Å². The second-order valence-corrected chi connectivity index (χ2v) is 3.97. The highest BCUT2D eigenvalue weighted by Gasteiger charge is 1.93. The van der Waals surface area contributed by atoms with E-state index < -0.39 is 0 Å². The molecule has 0 aromatic heterocycles. The van der Waals surface area contributed by atoms with Crippen LogP contribution in [-0.4, -0.2) is 13.1 Å². The van der Waals surface area contributed by atoms with Crippen molar-refractivity contribution in [1.29, 1.82) is 0 Å². The standard InChI is InChI=1S/C14H20O2/c15-13-16-12-8-3-1-2-5-9-14-10-6-4-7-11-14/h4,6-7,10-11,13H,1-3,5,8-9,12H2. The number of rotatable bonds is 9. The molecular weight excluding hydrogens is 200 g/mol. The van der Waals surface area contributed by atoms with Crippen molar-refractivity contribution in [2.45, 2.75) is 38.5 Å². The Morgan fingerprint density at radius 3 is 2.38 bits per heavy atom. The SMILES string of the molecule is O=COCCCCCCCc1ccccc1. The topological polar surface area (TPSA) is 26.3 Å². The van der Waals surface area contributed by atoms with Gasteiger partial charge in [0.05, 0.1) is 6.61 Å². The largest absolute Gasteiger partial charge is 0.468 e. The molecule has 0 spiro atoms. The molecule has 0 fully saturated rings. The first-order valence-electron chi connectivity index (χ1n) is 6.02. The van der Waals surface area contributed by atoms with Crippen molar-refractivity contribution >= 4 is 6.47 Å². The molecule has 16 heavy (non-hydrogen) atoms. The third-order valence-corrected chi connectivity index (χ3v) is 2.64. The van der Waals surface area contributed by atoms with Crippen LogP contribution in [0.25, 0.3) is 0 Å². The minimum Gasteiger partial charge on any atom is -0.468 e. The highest BCUT2D eigenvalue weighted by Crippen LogP contribution is 2.08. The molecule has 1 aromatic rings. The van der Waals surface area contributed by atoms with Gasteiger partial charge in [-0.1, -0.05) is 49.6 Å². The summed E-state index contributed by atoms with van der Waals surface area (Å²) in [6.45, 7) is 1.09. The zero-order valence-electron chi connectivity index (χ0n) is 9.73. The van der Waals surface area contributed by atoms with Crippen molar-refractivity contribution in [3.8, 4) is 0 Å². The number of aryl methyl sites for hydroxylation is 1. The van der Waals surface area contributed by atoms with E-state index >= 15 is 0 Å². The van der Waals surface area contributed by atoms with E-state index in [1.54, 1.807) is 0 Å².